The Labute approximate surface area is 157 Å². The quantitative estimate of drug-likeness (QED) is 0.299. The highest BCUT2D eigenvalue weighted by Crippen LogP contribution is 2.12. The Morgan fingerprint density at radius 2 is 2.04 bits per heavy atom. The van der Waals surface area contributed by atoms with Gasteiger partial charge >= 0.3 is 6.09 Å². The zero-order valence-corrected chi connectivity index (χ0v) is 17.5. The molecule has 1 atom stereocenters. The van der Waals surface area contributed by atoms with Crippen molar-refractivity contribution in [2.24, 2.45) is 4.99 Å². The Kier molecular flexibility index (Phi) is 10.6. The molecule has 1 unspecified atom stereocenters. The summed E-state index contributed by atoms with van der Waals surface area (Å²) < 4.78 is 5.30. The van der Waals surface area contributed by atoms with Crippen LogP contribution in [0.25, 0.3) is 0 Å². The molecule has 136 valence electrons. The Bertz CT molecular complexity index is 383. The maximum atomic E-state index is 11.8. The molecule has 2 N–H and O–H groups in total. The predicted molar refractivity (Wildman–Crippen MR) is 106 cm³/mol. The van der Waals surface area contributed by atoms with E-state index in [4.69, 9.17) is 4.74 Å². The number of guanidine groups is 1. The van der Waals surface area contributed by atoms with E-state index in [0.29, 0.717) is 0 Å². The number of hydrogen-bond donors (Lipinski definition) is 2. The van der Waals surface area contributed by atoms with Gasteiger partial charge in [0.1, 0.15) is 5.60 Å². The fourth-order valence-corrected chi connectivity index (χ4v) is 2.45. The Hall–Kier alpha value is -0.730. The molecular formula is C16H33IN4O2. The minimum atomic E-state index is -0.459. The summed E-state index contributed by atoms with van der Waals surface area (Å²) in [5, 5.41) is 6.33. The second-order valence-electron chi connectivity index (χ2n) is 6.76. The van der Waals surface area contributed by atoms with Gasteiger partial charge in [-0.05, 0) is 33.6 Å². The maximum absolute atomic E-state index is 11.8. The number of aliphatic imine (C=N–C) groups is 1. The van der Waals surface area contributed by atoms with Crippen LogP contribution in [0, 0.1) is 0 Å². The molecule has 0 spiro atoms. The molecule has 7 heteroatoms. The van der Waals surface area contributed by atoms with E-state index in [1.54, 1.807) is 7.05 Å². The number of amides is 1. The third-order valence-electron chi connectivity index (χ3n) is 3.48. The number of hydrogen-bond acceptors (Lipinski definition) is 3. The van der Waals surface area contributed by atoms with Crippen LogP contribution in [0.2, 0.25) is 0 Å². The Balaban J connectivity index is 0.00000484. The lowest BCUT2D eigenvalue weighted by atomic mass is 10.2. The molecule has 1 amide bonds. The smallest absolute Gasteiger partial charge is 0.407 e. The van der Waals surface area contributed by atoms with Gasteiger partial charge < -0.3 is 20.3 Å². The molecule has 1 fully saturated rings. The third-order valence-corrected chi connectivity index (χ3v) is 3.48. The van der Waals surface area contributed by atoms with Crippen molar-refractivity contribution in [1.82, 2.24) is 15.5 Å². The van der Waals surface area contributed by atoms with Crippen LogP contribution in [-0.4, -0.2) is 55.3 Å². The number of unbranched alkanes of at least 4 members (excludes halogenated alkanes) is 2. The third kappa shape index (κ3) is 9.22. The van der Waals surface area contributed by atoms with E-state index in [0.717, 1.165) is 38.4 Å². The average Bonchev–Trinajstić information content (AvgIpc) is 2.85. The molecule has 6 nitrogen and oxygen atoms in total. The van der Waals surface area contributed by atoms with E-state index in [9.17, 15) is 4.79 Å². The molecule has 0 aliphatic carbocycles. The van der Waals surface area contributed by atoms with E-state index in [1.807, 2.05) is 20.8 Å². The number of rotatable bonds is 5. The molecular weight excluding hydrogens is 407 g/mol. The molecule has 1 rings (SSSR count). The van der Waals surface area contributed by atoms with Crippen LogP contribution in [0.3, 0.4) is 0 Å². The average molecular weight is 440 g/mol. The molecule has 1 aliphatic rings. The van der Waals surface area contributed by atoms with Gasteiger partial charge in [0, 0.05) is 26.7 Å². The van der Waals surface area contributed by atoms with Crippen LogP contribution in [0.1, 0.15) is 53.4 Å². The van der Waals surface area contributed by atoms with Crippen molar-refractivity contribution in [2.45, 2.75) is 65.0 Å². The normalized spacial score (nSPS) is 18.4. The van der Waals surface area contributed by atoms with Crippen LogP contribution in [0.5, 0.6) is 0 Å². The van der Waals surface area contributed by atoms with Crippen molar-refractivity contribution in [3.8, 4) is 0 Å². The number of alkyl carbamates (subject to hydrolysis) is 1. The molecule has 0 aromatic heterocycles. The summed E-state index contributed by atoms with van der Waals surface area (Å²) >= 11 is 0. The molecule has 0 saturated carbocycles. The van der Waals surface area contributed by atoms with Crippen LogP contribution in [-0.2, 0) is 4.74 Å². The van der Waals surface area contributed by atoms with Crippen molar-refractivity contribution in [3.63, 3.8) is 0 Å². The lowest BCUT2D eigenvalue weighted by Crippen LogP contribution is -2.44. The van der Waals surface area contributed by atoms with Gasteiger partial charge in [0.25, 0.3) is 0 Å². The minimum absolute atomic E-state index is 0. The number of carbonyl (C=O) groups excluding carboxylic acids is 1. The molecule has 0 radical (unpaired) electrons. The zero-order chi connectivity index (χ0) is 16.6. The van der Waals surface area contributed by atoms with Gasteiger partial charge in [-0.25, -0.2) is 4.79 Å². The first-order valence-electron chi connectivity index (χ1n) is 8.31. The standard InChI is InChI=1S/C16H32N4O2.HI/c1-6-7-8-10-18-14(17-5)20-11-9-13(12-20)19-15(21)22-16(2,3)4;/h13H,6-12H2,1-5H3,(H,17,18)(H,19,21);1H. The summed E-state index contributed by atoms with van der Waals surface area (Å²) in [5.41, 5.74) is -0.459. The van der Waals surface area contributed by atoms with Crippen molar-refractivity contribution in [1.29, 1.82) is 0 Å². The molecule has 1 saturated heterocycles. The summed E-state index contributed by atoms with van der Waals surface area (Å²) in [6, 6.07) is 0.115. The fraction of sp³-hybridized carbons (Fsp3) is 0.875. The number of carbonyl (C=O) groups is 1. The SMILES string of the molecule is CCCCCNC(=NC)N1CCC(NC(=O)OC(C)(C)C)C1.I. The monoisotopic (exact) mass is 440 g/mol. The minimum Gasteiger partial charge on any atom is -0.444 e. The van der Waals surface area contributed by atoms with Gasteiger partial charge in [0.2, 0.25) is 0 Å². The van der Waals surface area contributed by atoms with E-state index >= 15 is 0 Å². The predicted octanol–water partition coefficient (Wildman–Crippen LogP) is 2.97. The first-order chi connectivity index (χ1) is 10.4. The molecule has 1 heterocycles. The van der Waals surface area contributed by atoms with Gasteiger partial charge in [-0.2, -0.15) is 0 Å². The highest BCUT2D eigenvalue weighted by molar-refractivity contribution is 14.0. The van der Waals surface area contributed by atoms with Crippen molar-refractivity contribution >= 4 is 36.0 Å². The summed E-state index contributed by atoms with van der Waals surface area (Å²) in [7, 11) is 1.80. The van der Waals surface area contributed by atoms with Gasteiger partial charge in [-0.1, -0.05) is 19.8 Å². The zero-order valence-electron chi connectivity index (χ0n) is 15.1. The lowest BCUT2D eigenvalue weighted by molar-refractivity contribution is 0.0507. The number of ether oxygens (including phenoxy) is 1. The van der Waals surface area contributed by atoms with E-state index in [-0.39, 0.29) is 36.1 Å². The highest BCUT2D eigenvalue weighted by Gasteiger charge is 2.27. The van der Waals surface area contributed by atoms with Crippen LogP contribution >= 0.6 is 24.0 Å². The first-order valence-corrected chi connectivity index (χ1v) is 8.31. The first kappa shape index (κ1) is 22.3. The Morgan fingerprint density at radius 3 is 2.61 bits per heavy atom. The van der Waals surface area contributed by atoms with E-state index in [2.05, 4.69) is 27.4 Å². The summed E-state index contributed by atoms with van der Waals surface area (Å²) in [5.74, 6) is 0.921. The van der Waals surface area contributed by atoms with E-state index in [1.165, 1.54) is 12.8 Å². The van der Waals surface area contributed by atoms with Gasteiger partial charge in [0.15, 0.2) is 5.96 Å². The number of likely N-dealkylation sites (tertiary alicyclic amines) is 1. The summed E-state index contributed by atoms with van der Waals surface area (Å²) in [6.07, 6.45) is 4.17. The van der Waals surface area contributed by atoms with Crippen molar-refractivity contribution in [3.05, 3.63) is 0 Å². The summed E-state index contributed by atoms with van der Waals surface area (Å²) in [4.78, 5) is 18.3. The van der Waals surface area contributed by atoms with Crippen LogP contribution < -0.4 is 10.6 Å². The van der Waals surface area contributed by atoms with Crippen molar-refractivity contribution < 1.29 is 9.53 Å². The van der Waals surface area contributed by atoms with Gasteiger partial charge in [-0.3, -0.25) is 4.99 Å². The molecule has 0 aromatic carbocycles. The van der Waals surface area contributed by atoms with Gasteiger partial charge in [-0.15, -0.1) is 24.0 Å². The second kappa shape index (κ2) is 10.9. The number of halogens is 1. The maximum Gasteiger partial charge on any atom is 0.407 e. The fourth-order valence-electron chi connectivity index (χ4n) is 2.45. The summed E-state index contributed by atoms with van der Waals surface area (Å²) in [6.45, 7) is 10.4. The highest BCUT2D eigenvalue weighted by atomic mass is 127. The van der Waals surface area contributed by atoms with Gasteiger partial charge in [0.05, 0.1) is 6.04 Å². The van der Waals surface area contributed by atoms with E-state index < -0.39 is 5.60 Å². The lowest BCUT2D eigenvalue weighted by Gasteiger charge is -2.23. The Morgan fingerprint density at radius 1 is 1.35 bits per heavy atom. The second-order valence-corrected chi connectivity index (χ2v) is 6.76. The topological polar surface area (TPSA) is 66.0 Å². The molecule has 0 aromatic rings. The number of nitrogens with zero attached hydrogens (tertiary/aromatic N) is 2. The largest absolute Gasteiger partial charge is 0.444 e. The molecule has 1 aliphatic heterocycles. The number of nitrogens with one attached hydrogen (secondary N) is 2. The van der Waals surface area contributed by atoms with Crippen LogP contribution in [0.15, 0.2) is 4.99 Å². The molecule has 0 bridgehead atoms. The van der Waals surface area contributed by atoms with Crippen LogP contribution in [0.4, 0.5) is 4.79 Å². The molecule has 23 heavy (non-hydrogen) atoms. The van der Waals surface area contributed by atoms with Crippen molar-refractivity contribution in [2.75, 3.05) is 26.7 Å².